The molecule has 1 aliphatic heterocycles. The Morgan fingerprint density at radius 3 is 1.94 bits per heavy atom. The SMILES string of the molecule is C.C.CC1=NOC(C)C1.Cc1csc(C)n1.[V].[W]. The molecule has 0 saturated heterocycles. The molecular formula is C12H24N2OSVW. The second-order valence-corrected chi connectivity index (χ2v) is 4.52. The largest absolute Gasteiger partial charge is 0.392 e. The molecule has 0 amide bonds. The van der Waals surface area contributed by atoms with Crippen LogP contribution in [-0.2, 0) is 44.5 Å². The molecular weight excluding hydrogens is 455 g/mol. The van der Waals surface area contributed by atoms with E-state index in [0.29, 0.717) is 6.10 Å². The van der Waals surface area contributed by atoms with Crippen LogP contribution in [0.3, 0.4) is 0 Å². The molecule has 1 radical (unpaired) electrons. The molecule has 0 aliphatic carbocycles. The second-order valence-electron chi connectivity index (χ2n) is 3.45. The van der Waals surface area contributed by atoms with Crippen LogP contribution in [-0.4, -0.2) is 16.8 Å². The van der Waals surface area contributed by atoms with Crippen LogP contribution in [0, 0.1) is 13.8 Å². The van der Waals surface area contributed by atoms with E-state index in [4.69, 9.17) is 4.84 Å². The zero-order valence-corrected chi connectivity index (χ0v) is 15.1. The number of rotatable bonds is 0. The van der Waals surface area contributed by atoms with Crippen molar-refractivity contribution in [1.82, 2.24) is 4.98 Å². The van der Waals surface area contributed by atoms with Gasteiger partial charge in [0.05, 0.1) is 10.7 Å². The number of oxime groups is 1. The number of aryl methyl sites for hydroxylation is 2. The van der Waals surface area contributed by atoms with Crippen LogP contribution < -0.4 is 0 Å². The van der Waals surface area contributed by atoms with Gasteiger partial charge in [-0.2, -0.15) is 0 Å². The maximum absolute atomic E-state index is 4.85. The summed E-state index contributed by atoms with van der Waals surface area (Å²) in [5, 5.41) is 6.94. The summed E-state index contributed by atoms with van der Waals surface area (Å²) in [4.78, 5) is 8.98. The van der Waals surface area contributed by atoms with Crippen molar-refractivity contribution >= 4 is 17.0 Å². The molecule has 2 heterocycles. The van der Waals surface area contributed by atoms with Gasteiger partial charge in [0.25, 0.3) is 0 Å². The van der Waals surface area contributed by atoms with Gasteiger partial charge in [-0.05, 0) is 27.7 Å². The topological polar surface area (TPSA) is 34.5 Å². The molecule has 2 rings (SSSR count). The van der Waals surface area contributed by atoms with Crippen LogP contribution in [0.4, 0.5) is 0 Å². The van der Waals surface area contributed by atoms with E-state index in [1.807, 2.05) is 27.7 Å². The fourth-order valence-corrected chi connectivity index (χ4v) is 1.73. The van der Waals surface area contributed by atoms with Crippen LogP contribution in [0.15, 0.2) is 10.5 Å². The summed E-state index contributed by atoms with van der Waals surface area (Å²) in [6, 6.07) is 0. The van der Waals surface area contributed by atoms with Gasteiger partial charge in [0, 0.05) is 57.1 Å². The third-order valence-corrected chi connectivity index (χ3v) is 2.60. The van der Waals surface area contributed by atoms with Gasteiger partial charge < -0.3 is 4.84 Å². The summed E-state index contributed by atoms with van der Waals surface area (Å²) < 4.78 is 0. The average Bonchev–Trinajstić information content (AvgIpc) is 2.63. The molecule has 0 fully saturated rings. The third kappa shape index (κ3) is 11.5. The van der Waals surface area contributed by atoms with Crippen LogP contribution in [0.2, 0.25) is 0 Å². The summed E-state index contributed by atoms with van der Waals surface area (Å²) in [5.74, 6) is 0. The molecule has 1 atom stereocenters. The van der Waals surface area contributed by atoms with Gasteiger partial charge in [0.1, 0.15) is 6.10 Å². The van der Waals surface area contributed by atoms with Crippen molar-refractivity contribution in [2.24, 2.45) is 5.16 Å². The molecule has 0 aromatic carbocycles. The predicted octanol–water partition coefficient (Wildman–Crippen LogP) is 4.20. The fraction of sp³-hybridized carbons (Fsp3) is 0.667. The minimum atomic E-state index is 0. The first-order chi connectivity index (χ1) is 6.58. The Labute approximate surface area is 142 Å². The van der Waals surface area contributed by atoms with Crippen LogP contribution in [0.5, 0.6) is 0 Å². The van der Waals surface area contributed by atoms with E-state index in [9.17, 15) is 0 Å². The smallest absolute Gasteiger partial charge is 0.130 e. The Bertz CT molecular complexity index is 315. The van der Waals surface area contributed by atoms with Crippen molar-refractivity contribution in [3.63, 3.8) is 0 Å². The summed E-state index contributed by atoms with van der Waals surface area (Å²) in [6.07, 6.45) is 1.32. The van der Waals surface area contributed by atoms with Gasteiger partial charge in [-0.25, -0.2) is 4.98 Å². The van der Waals surface area contributed by atoms with Gasteiger partial charge in [-0.3, -0.25) is 0 Å². The van der Waals surface area contributed by atoms with Gasteiger partial charge in [0.2, 0.25) is 0 Å². The van der Waals surface area contributed by atoms with Crippen molar-refractivity contribution in [3.05, 3.63) is 16.1 Å². The Morgan fingerprint density at radius 1 is 1.28 bits per heavy atom. The molecule has 0 spiro atoms. The molecule has 0 saturated carbocycles. The third-order valence-electron chi connectivity index (χ3n) is 1.71. The first kappa shape index (κ1) is 26.8. The number of hydrogen-bond donors (Lipinski definition) is 0. The molecule has 6 heteroatoms. The van der Waals surface area contributed by atoms with Crippen LogP contribution in [0.1, 0.15) is 45.8 Å². The number of thiazole rings is 1. The van der Waals surface area contributed by atoms with E-state index in [2.05, 4.69) is 15.5 Å². The number of nitrogens with zero attached hydrogens (tertiary/aromatic N) is 2. The molecule has 1 aromatic rings. The van der Waals surface area contributed by atoms with E-state index in [-0.39, 0.29) is 54.5 Å². The Hall–Kier alpha value is 0.373. The predicted molar refractivity (Wildman–Crippen MR) is 73.3 cm³/mol. The maximum atomic E-state index is 4.85. The molecule has 1 unspecified atom stereocenters. The standard InChI is InChI=1S/C5H9NO.C5H7NS.2CH4.V.W/c1-4-3-5(2)7-6-4;1-4-3-7-5(2)6-4;;;;/h5H,3H2,1-2H3;3H,1-2H3;2*1H4;;. The maximum Gasteiger partial charge on any atom is 0.130 e. The fourth-order valence-electron chi connectivity index (χ4n) is 1.14. The van der Waals surface area contributed by atoms with Crippen molar-refractivity contribution < 1.29 is 44.5 Å². The summed E-state index contributed by atoms with van der Waals surface area (Å²) in [7, 11) is 0. The zero-order valence-electron chi connectivity index (χ0n) is 9.93. The van der Waals surface area contributed by atoms with Gasteiger partial charge in [0.15, 0.2) is 0 Å². The van der Waals surface area contributed by atoms with E-state index in [1.54, 1.807) is 11.3 Å². The van der Waals surface area contributed by atoms with Crippen molar-refractivity contribution in [1.29, 1.82) is 0 Å². The summed E-state index contributed by atoms with van der Waals surface area (Å²) in [6.45, 7) is 8.00. The summed E-state index contributed by atoms with van der Waals surface area (Å²) in [5.41, 5.74) is 2.23. The molecule has 1 aromatic heterocycles. The Balaban J connectivity index is -0.0000000891. The van der Waals surface area contributed by atoms with Crippen molar-refractivity contribution in [2.45, 2.75) is 55.1 Å². The zero-order chi connectivity index (χ0) is 10.6. The average molecular weight is 479 g/mol. The minimum Gasteiger partial charge on any atom is -0.392 e. The first-order valence-corrected chi connectivity index (χ1v) is 5.54. The van der Waals surface area contributed by atoms with Crippen LogP contribution >= 0.6 is 11.3 Å². The molecule has 0 bridgehead atoms. The second kappa shape index (κ2) is 13.8. The number of aromatic nitrogens is 1. The van der Waals surface area contributed by atoms with Crippen molar-refractivity contribution in [2.75, 3.05) is 0 Å². The normalized spacial score (nSPS) is 15.1. The van der Waals surface area contributed by atoms with Crippen molar-refractivity contribution in [3.8, 4) is 0 Å². The first-order valence-electron chi connectivity index (χ1n) is 4.66. The quantitative estimate of drug-likeness (QED) is 0.560. The minimum absolute atomic E-state index is 0. The van der Waals surface area contributed by atoms with Gasteiger partial charge in [-0.15, -0.1) is 11.3 Å². The van der Waals surface area contributed by atoms with Gasteiger partial charge in [-0.1, -0.05) is 20.0 Å². The molecule has 3 nitrogen and oxygen atoms in total. The van der Waals surface area contributed by atoms with E-state index in [1.165, 1.54) is 0 Å². The molecule has 18 heavy (non-hydrogen) atoms. The Kier molecular flexibility index (Phi) is 20.6. The summed E-state index contributed by atoms with van der Waals surface area (Å²) >= 11 is 1.69. The van der Waals surface area contributed by atoms with E-state index in [0.717, 1.165) is 22.8 Å². The van der Waals surface area contributed by atoms with E-state index < -0.39 is 0 Å². The molecule has 0 N–H and O–H groups in total. The Morgan fingerprint density at radius 2 is 1.83 bits per heavy atom. The van der Waals surface area contributed by atoms with Gasteiger partial charge >= 0.3 is 0 Å². The molecule has 1 aliphatic rings. The number of hydrogen-bond acceptors (Lipinski definition) is 4. The monoisotopic (exact) mass is 479 g/mol. The van der Waals surface area contributed by atoms with Crippen LogP contribution in [0.25, 0.3) is 0 Å². The van der Waals surface area contributed by atoms with E-state index >= 15 is 0 Å². The molecule has 105 valence electrons.